The third kappa shape index (κ3) is 9.22. The maximum Gasteiger partial charge on any atom is 0.408 e. The molecule has 1 aromatic carbocycles. The molecule has 0 bridgehead atoms. The normalized spacial score (nSPS) is 14.5. The Balaban J connectivity index is 0. The van der Waals surface area contributed by atoms with E-state index in [1.54, 1.807) is 0 Å². The first kappa shape index (κ1) is 24.6. The van der Waals surface area contributed by atoms with Crippen LogP contribution in [0.1, 0.15) is 60.4 Å². The molecule has 0 radical (unpaired) electrons. The first-order chi connectivity index (χ1) is 13.1. The summed E-state index contributed by atoms with van der Waals surface area (Å²) in [5, 5.41) is 2.58. The molecule has 0 heterocycles. The van der Waals surface area contributed by atoms with Crippen molar-refractivity contribution in [3.63, 3.8) is 0 Å². The highest BCUT2D eigenvalue weighted by molar-refractivity contribution is 5.83. The molecule has 6 nitrogen and oxygen atoms in total. The number of Topliss-reactive ketones (excluding diaryl/α,β-unsaturated/α-hetero) is 1. The number of alkyl carbamates (subject to hydrolysis) is 1. The molecule has 2 rings (SSSR count). The molecule has 0 spiro atoms. The standard InChI is InChI=1S/C17H21NO5.2C2H6.H2/c1-22-16(20)15(13-7-9-14(19)10-8-13)18-17(21)23-11-12-5-3-2-4-6-12;2*1-2;/h2-6,13,15H,7-11H2,1H3,(H,18,21);2*1-2H3;1H/t15-;;;/m0.../s1. The lowest BCUT2D eigenvalue weighted by Gasteiger charge is -2.28. The molecule has 1 aliphatic rings. The van der Waals surface area contributed by atoms with Gasteiger partial charge in [0.2, 0.25) is 0 Å². The quantitative estimate of drug-likeness (QED) is 0.759. The fraction of sp³-hybridized carbons (Fsp3) is 0.571. The summed E-state index contributed by atoms with van der Waals surface area (Å²) in [5.74, 6) is -0.429. The summed E-state index contributed by atoms with van der Waals surface area (Å²) in [4.78, 5) is 35.2. The minimum absolute atomic E-state index is 0. The van der Waals surface area contributed by atoms with Crippen molar-refractivity contribution in [2.45, 2.75) is 66.0 Å². The molecular formula is C21H35NO5. The van der Waals surface area contributed by atoms with Gasteiger partial charge in [-0.25, -0.2) is 9.59 Å². The van der Waals surface area contributed by atoms with Crippen molar-refractivity contribution in [2.75, 3.05) is 7.11 Å². The van der Waals surface area contributed by atoms with Gasteiger partial charge in [-0.15, -0.1) is 0 Å². The van der Waals surface area contributed by atoms with Gasteiger partial charge < -0.3 is 14.8 Å². The van der Waals surface area contributed by atoms with Crippen molar-refractivity contribution in [3.05, 3.63) is 35.9 Å². The fourth-order valence-electron chi connectivity index (χ4n) is 2.68. The lowest BCUT2D eigenvalue weighted by atomic mass is 9.83. The van der Waals surface area contributed by atoms with E-state index in [4.69, 9.17) is 9.47 Å². The molecule has 0 saturated heterocycles. The number of hydrogen-bond donors (Lipinski definition) is 1. The lowest BCUT2D eigenvalue weighted by molar-refractivity contribution is -0.145. The largest absolute Gasteiger partial charge is 0.467 e. The third-order valence-corrected chi connectivity index (χ3v) is 4.00. The van der Waals surface area contributed by atoms with E-state index >= 15 is 0 Å². The van der Waals surface area contributed by atoms with Gasteiger partial charge in [-0.2, -0.15) is 0 Å². The minimum Gasteiger partial charge on any atom is -0.467 e. The van der Waals surface area contributed by atoms with Crippen LogP contribution in [0.5, 0.6) is 0 Å². The SMILES string of the molecule is CC.CC.COC(=O)[C@@H](NC(=O)OCc1ccccc1)C1CCC(=O)CC1.[HH]. The van der Waals surface area contributed by atoms with E-state index in [2.05, 4.69) is 5.32 Å². The van der Waals surface area contributed by atoms with E-state index in [1.165, 1.54) is 7.11 Å². The van der Waals surface area contributed by atoms with Crippen LogP contribution >= 0.6 is 0 Å². The van der Waals surface area contributed by atoms with Gasteiger partial charge in [0, 0.05) is 14.3 Å². The zero-order valence-electron chi connectivity index (χ0n) is 17.1. The van der Waals surface area contributed by atoms with Gasteiger partial charge in [-0.3, -0.25) is 4.79 Å². The summed E-state index contributed by atoms with van der Waals surface area (Å²) in [6.45, 7) is 8.13. The zero-order chi connectivity index (χ0) is 20.7. The molecule has 0 aliphatic heterocycles. The van der Waals surface area contributed by atoms with Crippen molar-refractivity contribution >= 4 is 17.8 Å². The predicted molar refractivity (Wildman–Crippen MR) is 107 cm³/mol. The van der Waals surface area contributed by atoms with Gasteiger partial charge in [0.25, 0.3) is 0 Å². The van der Waals surface area contributed by atoms with Crippen molar-refractivity contribution in [2.24, 2.45) is 5.92 Å². The number of rotatable bonds is 5. The summed E-state index contributed by atoms with van der Waals surface area (Å²) >= 11 is 0. The number of ether oxygens (including phenoxy) is 2. The van der Waals surface area contributed by atoms with Crippen LogP contribution in [0.25, 0.3) is 0 Å². The smallest absolute Gasteiger partial charge is 0.408 e. The van der Waals surface area contributed by atoms with Gasteiger partial charge in [0.1, 0.15) is 18.4 Å². The van der Waals surface area contributed by atoms with Gasteiger partial charge in [-0.05, 0) is 24.3 Å². The van der Waals surface area contributed by atoms with Crippen LogP contribution in [-0.2, 0) is 25.7 Å². The molecule has 1 aliphatic carbocycles. The Morgan fingerprint density at radius 3 is 2.19 bits per heavy atom. The molecule has 27 heavy (non-hydrogen) atoms. The number of nitrogens with one attached hydrogen (secondary N) is 1. The molecule has 1 N–H and O–H groups in total. The van der Waals surface area contributed by atoms with Crippen molar-refractivity contribution in [1.29, 1.82) is 0 Å². The van der Waals surface area contributed by atoms with Crippen LogP contribution in [0.2, 0.25) is 0 Å². The maximum absolute atomic E-state index is 11.9. The second-order valence-corrected chi connectivity index (χ2v) is 5.58. The number of hydrogen-bond acceptors (Lipinski definition) is 5. The molecule has 1 atom stereocenters. The molecule has 6 heteroatoms. The van der Waals surface area contributed by atoms with Gasteiger partial charge in [-0.1, -0.05) is 58.0 Å². The van der Waals surface area contributed by atoms with Crippen molar-refractivity contribution < 1.29 is 25.3 Å². The van der Waals surface area contributed by atoms with Crippen molar-refractivity contribution in [1.82, 2.24) is 5.32 Å². The number of amides is 1. The van der Waals surface area contributed by atoms with E-state index < -0.39 is 18.1 Å². The van der Waals surface area contributed by atoms with E-state index in [1.807, 2.05) is 58.0 Å². The van der Waals surface area contributed by atoms with Crippen LogP contribution in [0, 0.1) is 5.92 Å². The van der Waals surface area contributed by atoms with E-state index in [0.29, 0.717) is 25.7 Å². The van der Waals surface area contributed by atoms with Crippen molar-refractivity contribution in [3.8, 4) is 0 Å². The van der Waals surface area contributed by atoms with Crippen LogP contribution in [0.4, 0.5) is 4.79 Å². The average molecular weight is 382 g/mol. The molecule has 0 aromatic heterocycles. The highest BCUT2D eigenvalue weighted by atomic mass is 16.6. The Bertz CT molecular complexity index is 555. The Morgan fingerprint density at radius 2 is 1.67 bits per heavy atom. The molecule has 1 aromatic rings. The summed E-state index contributed by atoms with van der Waals surface area (Å²) in [7, 11) is 1.28. The number of carbonyl (C=O) groups is 3. The fourth-order valence-corrected chi connectivity index (χ4v) is 2.68. The third-order valence-electron chi connectivity index (χ3n) is 4.00. The number of methoxy groups -OCH3 is 1. The molecule has 1 fully saturated rings. The molecular weight excluding hydrogens is 346 g/mol. The lowest BCUT2D eigenvalue weighted by Crippen LogP contribution is -2.47. The van der Waals surface area contributed by atoms with Crippen LogP contribution in [0.3, 0.4) is 0 Å². The monoisotopic (exact) mass is 381 g/mol. The zero-order valence-corrected chi connectivity index (χ0v) is 17.1. The van der Waals surface area contributed by atoms with E-state index in [9.17, 15) is 14.4 Å². The molecule has 0 unspecified atom stereocenters. The Morgan fingerprint density at radius 1 is 1.11 bits per heavy atom. The summed E-state index contributed by atoms with van der Waals surface area (Å²) < 4.78 is 9.90. The number of carbonyl (C=O) groups excluding carboxylic acids is 3. The maximum atomic E-state index is 11.9. The second kappa shape index (κ2) is 14.8. The van der Waals surface area contributed by atoms with Crippen LogP contribution in [-0.4, -0.2) is 31.0 Å². The number of ketones is 1. The molecule has 1 amide bonds. The summed E-state index contributed by atoms with van der Waals surface area (Å²) in [5.41, 5.74) is 0.862. The van der Waals surface area contributed by atoms with Gasteiger partial charge >= 0.3 is 12.1 Å². The van der Waals surface area contributed by atoms with Gasteiger partial charge in [0.15, 0.2) is 0 Å². The summed E-state index contributed by atoms with van der Waals surface area (Å²) in [6, 6.07) is 8.49. The second-order valence-electron chi connectivity index (χ2n) is 5.58. The average Bonchev–Trinajstić information content (AvgIpc) is 2.74. The minimum atomic E-state index is -0.781. The first-order valence-corrected chi connectivity index (χ1v) is 9.67. The highest BCUT2D eigenvalue weighted by Gasteiger charge is 2.33. The van der Waals surface area contributed by atoms with E-state index in [-0.39, 0.29) is 19.7 Å². The van der Waals surface area contributed by atoms with E-state index in [0.717, 1.165) is 5.56 Å². The van der Waals surface area contributed by atoms with Gasteiger partial charge in [0.05, 0.1) is 7.11 Å². The first-order valence-electron chi connectivity index (χ1n) is 9.67. The Kier molecular flexibility index (Phi) is 13.5. The highest BCUT2D eigenvalue weighted by Crippen LogP contribution is 2.25. The van der Waals surface area contributed by atoms with Crippen LogP contribution in [0.15, 0.2) is 30.3 Å². The topological polar surface area (TPSA) is 81.7 Å². The predicted octanol–water partition coefficient (Wildman–Crippen LogP) is 4.51. The molecule has 1 saturated carbocycles. The summed E-state index contributed by atoms with van der Waals surface area (Å²) in [6.07, 6.45) is 1.33. The molecule has 154 valence electrons. The van der Waals surface area contributed by atoms with Crippen LogP contribution < -0.4 is 5.32 Å². The number of esters is 1. The number of benzene rings is 1. The Labute approximate surface area is 164 Å². The Hall–Kier alpha value is -2.37.